The molecule has 0 amide bonds. The lowest BCUT2D eigenvalue weighted by molar-refractivity contribution is -0.127. The smallest absolute Gasteiger partial charge is 0.298 e. The number of aromatic nitrogens is 4. The lowest BCUT2D eigenvalue weighted by atomic mass is 9.78. The fraction of sp³-hybridized carbons (Fsp3) is 0.500. The highest BCUT2D eigenvalue weighted by Gasteiger charge is 2.50. The van der Waals surface area contributed by atoms with Gasteiger partial charge in [-0.25, -0.2) is 15.0 Å². The van der Waals surface area contributed by atoms with Crippen LogP contribution in [0.25, 0.3) is 5.69 Å². The van der Waals surface area contributed by atoms with Crippen molar-refractivity contribution >= 4 is 5.82 Å². The Balaban J connectivity index is 1.70. The van der Waals surface area contributed by atoms with E-state index in [9.17, 15) is 4.79 Å². The SMILES string of the molecule is O=c1c(N2CC3(COC3)C2)nc(CCCO)cn1-c1cncnc1. The zero-order chi connectivity index (χ0) is 16.6. The molecule has 2 fully saturated rings. The molecule has 8 nitrogen and oxygen atoms in total. The summed E-state index contributed by atoms with van der Waals surface area (Å²) in [5.41, 5.74) is 1.41. The largest absolute Gasteiger partial charge is 0.396 e. The van der Waals surface area contributed by atoms with E-state index in [-0.39, 0.29) is 17.6 Å². The van der Waals surface area contributed by atoms with Crippen LogP contribution >= 0.6 is 0 Å². The lowest BCUT2D eigenvalue weighted by Gasteiger charge is -2.55. The van der Waals surface area contributed by atoms with Gasteiger partial charge in [0.1, 0.15) is 6.33 Å². The first-order valence-electron chi connectivity index (χ1n) is 8.02. The van der Waals surface area contributed by atoms with Crippen LogP contribution in [-0.2, 0) is 11.2 Å². The van der Waals surface area contributed by atoms with Crippen LogP contribution in [0.4, 0.5) is 5.82 Å². The molecule has 24 heavy (non-hydrogen) atoms. The van der Waals surface area contributed by atoms with Crippen LogP contribution in [0.5, 0.6) is 0 Å². The number of ether oxygens (including phenoxy) is 1. The normalized spacial score (nSPS) is 18.3. The van der Waals surface area contributed by atoms with Gasteiger partial charge in [-0.2, -0.15) is 0 Å². The first-order valence-corrected chi connectivity index (χ1v) is 8.02. The van der Waals surface area contributed by atoms with Gasteiger partial charge in [-0.05, 0) is 12.8 Å². The standard InChI is InChI=1S/C16H19N5O3/c22-3-1-2-12-6-21(13-4-17-11-18-5-13)15(23)14(19-12)20-7-16(8-20)9-24-10-16/h4-6,11,22H,1-3,7-10H2. The summed E-state index contributed by atoms with van der Waals surface area (Å²) in [5.74, 6) is 0.451. The Labute approximate surface area is 138 Å². The van der Waals surface area contributed by atoms with Crippen molar-refractivity contribution in [1.29, 1.82) is 0 Å². The van der Waals surface area contributed by atoms with E-state index in [1.165, 1.54) is 10.9 Å². The molecule has 0 atom stereocenters. The molecule has 0 aromatic carbocycles. The summed E-state index contributed by atoms with van der Waals surface area (Å²) in [6.07, 6.45) is 7.56. The summed E-state index contributed by atoms with van der Waals surface area (Å²) in [7, 11) is 0. The Kier molecular flexibility index (Phi) is 3.78. The van der Waals surface area contributed by atoms with E-state index in [4.69, 9.17) is 9.84 Å². The van der Waals surface area contributed by atoms with Gasteiger partial charge in [0, 0.05) is 25.9 Å². The molecule has 0 aliphatic carbocycles. The summed E-state index contributed by atoms with van der Waals surface area (Å²) in [6.45, 7) is 3.20. The molecule has 0 bridgehead atoms. The molecule has 0 radical (unpaired) electrons. The highest BCUT2D eigenvalue weighted by molar-refractivity contribution is 5.45. The molecule has 2 saturated heterocycles. The summed E-state index contributed by atoms with van der Waals surface area (Å²) >= 11 is 0. The van der Waals surface area contributed by atoms with Crippen LogP contribution in [0.1, 0.15) is 12.1 Å². The Morgan fingerprint density at radius 1 is 1.25 bits per heavy atom. The molecule has 126 valence electrons. The minimum absolute atomic E-state index is 0.0920. The lowest BCUT2D eigenvalue weighted by Crippen LogP contribution is -2.67. The number of nitrogens with zero attached hydrogens (tertiary/aromatic N) is 5. The van der Waals surface area contributed by atoms with Crippen LogP contribution < -0.4 is 10.5 Å². The molecular weight excluding hydrogens is 310 g/mol. The number of aliphatic hydroxyl groups excluding tert-OH is 1. The third kappa shape index (κ3) is 2.57. The summed E-state index contributed by atoms with van der Waals surface area (Å²) in [5, 5.41) is 9.07. The van der Waals surface area contributed by atoms with E-state index in [1.807, 2.05) is 4.90 Å². The predicted octanol–water partition coefficient (Wildman–Crippen LogP) is -0.216. The maximum Gasteiger partial charge on any atom is 0.298 e. The van der Waals surface area contributed by atoms with Gasteiger partial charge in [-0.1, -0.05) is 0 Å². The molecule has 1 N–H and O–H groups in total. The zero-order valence-electron chi connectivity index (χ0n) is 13.3. The fourth-order valence-electron chi connectivity index (χ4n) is 3.21. The van der Waals surface area contributed by atoms with Gasteiger partial charge in [0.05, 0.1) is 42.4 Å². The van der Waals surface area contributed by atoms with Gasteiger partial charge in [0.15, 0.2) is 5.82 Å². The first-order chi connectivity index (χ1) is 11.7. The minimum atomic E-state index is -0.173. The van der Waals surface area contributed by atoms with Gasteiger partial charge < -0.3 is 14.7 Å². The number of hydrogen-bond donors (Lipinski definition) is 1. The molecule has 2 aromatic rings. The number of aryl methyl sites for hydroxylation is 1. The summed E-state index contributed by atoms with van der Waals surface area (Å²) in [6, 6.07) is 0. The zero-order valence-corrected chi connectivity index (χ0v) is 13.3. The van der Waals surface area contributed by atoms with E-state index in [0.717, 1.165) is 32.0 Å². The van der Waals surface area contributed by atoms with Crippen LogP contribution in [0.3, 0.4) is 0 Å². The van der Waals surface area contributed by atoms with E-state index >= 15 is 0 Å². The molecular formula is C16H19N5O3. The third-order valence-corrected chi connectivity index (χ3v) is 4.52. The van der Waals surface area contributed by atoms with Crippen molar-refractivity contribution in [2.45, 2.75) is 12.8 Å². The maximum atomic E-state index is 12.9. The van der Waals surface area contributed by atoms with E-state index in [1.54, 1.807) is 18.6 Å². The molecule has 2 aliphatic heterocycles. The quantitative estimate of drug-likeness (QED) is 0.811. The van der Waals surface area contributed by atoms with E-state index < -0.39 is 0 Å². The van der Waals surface area contributed by atoms with Crippen LogP contribution in [0.15, 0.2) is 29.7 Å². The first kappa shape index (κ1) is 15.2. The van der Waals surface area contributed by atoms with Crippen LogP contribution in [0.2, 0.25) is 0 Å². The second kappa shape index (κ2) is 5.95. The van der Waals surface area contributed by atoms with Crippen LogP contribution in [-0.4, -0.2) is 57.5 Å². The average molecular weight is 329 g/mol. The maximum absolute atomic E-state index is 12.9. The van der Waals surface area contributed by atoms with E-state index in [0.29, 0.717) is 24.3 Å². The molecule has 1 spiro atoms. The van der Waals surface area contributed by atoms with Crippen molar-refractivity contribution < 1.29 is 9.84 Å². The van der Waals surface area contributed by atoms with Gasteiger partial charge >= 0.3 is 0 Å². The minimum Gasteiger partial charge on any atom is -0.396 e. The Hall–Kier alpha value is -2.32. The second-order valence-electron chi connectivity index (χ2n) is 6.50. The molecule has 4 rings (SSSR count). The molecule has 2 aromatic heterocycles. The highest BCUT2D eigenvalue weighted by Crippen LogP contribution is 2.38. The third-order valence-electron chi connectivity index (χ3n) is 4.52. The van der Waals surface area contributed by atoms with Crippen molar-refractivity contribution in [2.24, 2.45) is 5.41 Å². The molecule has 0 unspecified atom stereocenters. The topological polar surface area (TPSA) is 93.4 Å². The number of hydrogen-bond acceptors (Lipinski definition) is 7. The highest BCUT2D eigenvalue weighted by atomic mass is 16.5. The van der Waals surface area contributed by atoms with Gasteiger partial charge in [0.25, 0.3) is 5.56 Å². The number of anilines is 1. The van der Waals surface area contributed by atoms with Crippen LogP contribution in [0, 0.1) is 5.41 Å². The summed E-state index contributed by atoms with van der Waals surface area (Å²) < 4.78 is 6.83. The van der Waals surface area contributed by atoms with Crippen molar-refractivity contribution in [3.05, 3.63) is 41.0 Å². The van der Waals surface area contributed by atoms with Crippen molar-refractivity contribution in [1.82, 2.24) is 19.5 Å². The van der Waals surface area contributed by atoms with Crippen molar-refractivity contribution in [3.63, 3.8) is 0 Å². The Bertz CT molecular complexity index is 780. The molecule has 2 aliphatic rings. The Morgan fingerprint density at radius 3 is 2.62 bits per heavy atom. The van der Waals surface area contributed by atoms with Crippen molar-refractivity contribution in [2.75, 3.05) is 37.8 Å². The number of rotatable bonds is 5. The fourth-order valence-corrected chi connectivity index (χ4v) is 3.21. The number of aliphatic hydroxyl groups is 1. The second-order valence-corrected chi connectivity index (χ2v) is 6.50. The van der Waals surface area contributed by atoms with Crippen molar-refractivity contribution in [3.8, 4) is 5.69 Å². The van der Waals surface area contributed by atoms with E-state index in [2.05, 4.69) is 15.0 Å². The van der Waals surface area contributed by atoms with Gasteiger partial charge in [-0.3, -0.25) is 9.36 Å². The van der Waals surface area contributed by atoms with Gasteiger partial charge in [-0.15, -0.1) is 0 Å². The molecule has 8 heteroatoms. The monoisotopic (exact) mass is 329 g/mol. The molecule has 4 heterocycles. The molecule has 0 saturated carbocycles. The predicted molar refractivity (Wildman–Crippen MR) is 86.3 cm³/mol. The Morgan fingerprint density at radius 2 is 2.00 bits per heavy atom. The average Bonchev–Trinajstić information content (AvgIpc) is 2.53. The van der Waals surface area contributed by atoms with Gasteiger partial charge in [0.2, 0.25) is 0 Å². The summed E-state index contributed by atoms with van der Waals surface area (Å²) in [4.78, 5) is 27.4.